The zero-order valence-corrected chi connectivity index (χ0v) is 11.2. The molecule has 1 N–H and O–H groups in total. The molecule has 0 amide bonds. The number of carbonyl (C=O) groups excluding carboxylic acids is 1. The van der Waals surface area contributed by atoms with Crippen molar-refractivity contribution in [2.75, 3.05) is 0 Å². The van der Waals surface area contributed by atoms with Crippen LogP contribution in [0.2, 0.25) is 0 Å². The molecule has 1 aliphatic rings. The minimum atomic E-state index is -5.03. The average Bonchev–Trinajstić information content (AvgIpc) is 3.04. The number of aromatic nitrogens is 2. The molecule has 1 aliphatic carbocycles. The summed E-state index contributed by atoms with van der Waals surface area (Å²) in [6, 6.07) is -0.366. The minimum Gasteiger partial charge on any atom is -0.363 e. The highest BCUT2D eigenvalue weighted by Crippen LogP contribution is 2.27. The Hall–Kier alpha value is -2.17. The fraction of sp³-hybridized carbons (Fsp3) is 0.636. The molecule has 1 saturated carbocycles. The summed E-state index contributed by atoms with van der Waals surface area (Å²) in [6.07, 6.45) is -0.648. The quantitative estimate of drug-likeness (QED) is 0.652. The van der Waals surface area contributed by atoms with Gasteiger partial charge in [0, 0.05) is 12.6 Å². The van der Waals surface area contributed by atoms with Crippen molar-refractivity contribution in [3.8, 4) is 0 Å². The van der Waals surface area contributed by atoms with Gasteiger partial charge in [-0.25, -0.2) is 4.79 Å². The Bertz CT molecular complexity index is 560. The molecule has 2 atom stereocenters. The van der Waals surface area contributed by atoms with Gasteiger partial charge >= 0.3 is 18.0 Å². The Kier molecular flexibility index (Phi) is 4.64. The third-order valence-corrected chi connectivity index (χ3v) is 3.37. The zero-order valence-electron chi connectivity index (χ0n) is 11.2. The maximum atomic E-state index is 12.0. The first kappa shape index (κ1) is 16.2. The molecule has 0 saturated heterocycles. The van der Waals surface area contributed by atoms with Crippen LogP contribution in [0.1, 0.15) is 19.3 Å². The van der Waals surface area contributed by atoms with E-state index in [1.54, 1.807) is 4.57 Å². The lowest BCUT2D eigenvalue weighted by Gasteiger charge is -2.13. The molecular formula is C11H13F3N4O4. The second kappa shape index (κ2) is 6.30. The standard InChI is InChI=1S/C11H13F3N4O4/c12-11(13,14)10(19)22-16-8-2-1-7(3-8)4-17-5-9(15-6-17)18(20)21/h5-8,16H,1-4H2/t7-,8-/m0/s1. The molecule has 1 heterocycles. The predicted octanol–water partition coefficient (Wildman–Crippen LogP) is 1.57. The van der Waals surface area contributed by atoms with Gasteiger partial charge in [0.25, 0.3) is 0 Å². The summed E-state index contributed by atoms with van der Waals surface area (Å²) >= 11 is 0. The van der Waals surface area contributed by atoms with Crippen LogP contribution in [0, 0.1) is 16.0 Å². The van der Waals surface area contributed by atoms with Crippen LogP contribution in [-0.2, 0) is 16.2 Å². The van der Waals surface area contributed by atoms with Crippen LogP contribution in [0.3, 0.4) is 0 Å². The number of nitrogens with zero attached hydrogens (tertiary/aromatic N) is 3. The Morgan fingerprint density at radius 3 is 2.86 bits per heavy atom. The maximum Gasteiger partial charge on any atom is 0.492 e. The van der Waals surface area contributed by atoms with Crippen molar-refractivity contribution >= 4 is 11.8 Å². The molecule has 8 nitrogen and oxygen atoms in total. The second-order valence-electron chi connectivity index (χ2n) is 5.07. The summed E-state index contributed by atoms with van der Waals surface area (Å²) in [4.78, 5) is 28.1. The summed E-state index contributed by atoms with van der Waals surface area (Å²) in [5, 5.41) is 10.5. The maximum absolute atomic E-state index is 12.0. The highest BCUT2D eigenvalue weighted by molar-refractivity contribution is 5.75. The van der Waals surface area contributed by atoms with E-state index in [1.807, 2.05) is 0 Å². The van der Waals surface area contributed by atoms with Crippen LogP contribution >= 0.6 is 0 Å². The minimum absolute atomic E-state index is 0.107. The molecule has 0 bridgehead atoms. The monoisotopic (exact) mass is 322 g/mol. The van der Waals surface area contributed by atoms with Crippen molar-refractivity contribution < 1.29 is 27.7 Å². The third kappa shape index (κ3) is 4.16. The Balaban J connectivity index is 1.78. The van der Waals surface area contributed by atoms with E-state index in [0.29, 0.717) is 25.8 Å². The van der Waals surface area contributed by atoms with Crippen molar-refractivity contribution in [1.29, 1.82) is 0 Å². The molecular weight excluding hydrogens is 309 g/mol. The number of alkyl halides is 3. The number of halogens is 3. The lowest BCUT2D eigenvalue weighted by molar-refractivity contribution is -0.389. The highest BCUT2D eigenvalue weighted by atomic mass is 19.4. The van der Waals surface area contributed by atoms with E-state index in [2.05, 4.69) is 15.3 Å². The first-order chi connectivity index (χ1) is 10.3. The smallest absolute Gasteiger partial charge is 0.363 e. The van der Waals surface area contributed by atoms with E-state index < -0.39 is 17.1 Å². The number of carbonyl (C=O) groups is 1. The number of hydrogen-bond acceptors (Lipinski definition) is 6. The number of hydroxylamine groups is 1. The van der Waals surface area contributed by atoms with Crippen molar-refractivity contribution in [3.05, 3.63) is 22.6 Å². The Morgan fingerprint density at radius 1 is 1.55 bits per heavy atom. The molecule has 1 aromatic heterocycles. The third-order valence-electron chi connectivity index (χ3n) is 3.37. The fourth-order valence-electron chi connectivity index (χ4n) is 2.38. The largest absolute Gasteiger partial charge is 0.492 e. The van der Waals surface area contributed by atoms with Crippen LogP contribution in [0.5, 0.6) is 0 Å². The number of nitrogens with one attached hydrogen (secondary N) is 1. The molecule has 22 heavy (non-hydrogen) atoms. The van der Waals surface area contributed by atoms with E-state index in [0.717, 1.165) is 0 Å². The van der Waals surface area contributed by atoms with Crippen LogP contribution < -0.4 is 5.48 Å². The van der Waals surface area contributed by atoms with Crippen molar-refractivity contribution in [2.45, 2.75) is 38.0 Å². The van der Waals surface area contributed by atoms with Gasteiger partial charge in [-0.1, -0.05) is 0 Å². The second-order valence-corrected chi connectivity index (χ2v) is 5.07. The molecule has 0 aromatic carbocycles. The van der Waals surface area contributed by atoms with Crippen LogP contribution in [0.15, 0.2) is 12.5 Å². The molecule has 2 rings (SSSR count). The lowest BCUT2D eigenvalue weighted by Crippen LogP contribution is -2.36. The molecule has 0 radical (unpaired) electrons. The molecule has 122 valence electrons. The molecule has 11 heteroatoms. The lowest BCUT2D eigenvalue weighted by atomic mass is 10.1. The van der Waals surface area contributed by atoms with Crippen LogP contribution in [0.25, 0.3) is 0 Å². The molecule has 1 aromatic rings. The first-order valence-corrected chi connectivity index (χ1v) is 6.45. The van der Waals surface area contributed by atoms with Gasteiger partial charge in [0.15, 0.2) is 0 Å². The average molecular weight is 322 g/mol. The molecule has 1 fully saturated rings. The molecule has 0 unspecified atom stereocenters. The van der Waals surface area contributed by atoms with Gasteiger partial charge in [-0.15, -0.1) is 5.48 Å². The topological polar surface area (TPSA) is 99.3 Å². The van der Waals surface area contributed by atoms with Crippen LogP contribution in [-0.4, -0.2) is 32.7 Å². The van der Waals surface area contributed by atoms with Gasteiger partial charge in [-0.3, -0.25) is 0 Å². The summed E-state index contributed by atoms with van der Waals surface area (Å²) in [5.41, 5.74) is 2.12. The molecule has 0 spiro atoms. The zero-order chi connectivity index (χ0) is 16.3. The van der Waals surface area contributed by atoms with Crippen molar-refractivity contribution in [1.82, 2.24) is 15.0 Å². The number of rotatable bonds is 5. The van der Waals surface area contributed by atoms with Gasteiger partial charge in [-0.2, -0.15) is 13.2 Å². The van der Waals surface area contributed by atoms with Crippen molar-refractivity contribution in [3.63, 3.8) is 0 Å². The van der Waals surface area contributed by atoms with Gasteiger partial charge in [0.1, 0.15) is 6.20 Å². The highest BCUT2D eigenvalue weighted by Gasteiger charge is 2.42. The number of imidazole rings is 1. The van der Waals surface area contributed by atoms with Gasteiger partial charge in [-0.05, 0) is 35.1 Å². The van der Waals surface area contributed by atoms with E-state index >= 15 is 0 Å². The van der Waals surface area contributed by atoms with Gasteiger partial charge < -0.3 is 19.5 Å². The number of nitro groups is 1. The summed E-state index contributed by atoms with van der Waals surface area (Å²) in [7, 11) is 0. The summed E-state index contributed by atoms with van der Waals surface area (Å²) < 4.78 is 37.5. The SMILES string of the molecule is O=C(ON[C@H]1CC[C@H](Cn2cnc([N+](=O)[O-])c2)C1)C(F)(F)F. The fourth-order valence-corrected chi connectivity index (χ4v) is 2.38. The van der Waals surface area contributed by atoms with E-state index in [-0.39, 0.29) is 17.8 Å². The van der Waals surface area contributed by atoms with E-state index in [4.69, 9.17) is 0 Å². The van der Waals surface area contributed by atoms with Gasteiger partial charge in [0.05, 0.1) is 0 Å². The van der Waals surface area contributed by atoms with E-state index in [9.17, 15) is 28.1 Å². The van der Waals surface area contributed by atoms with Crippen LogP contribution in [0.4, 0.5) is 19.0 Å². The van der Waals surface area contributed by atoms with Gasteiger partial charge in [0.2, 0.25) is 6.33 Å². The molecule has 0 aliphatic heterocycles. The van der Waals surface area contributed by atoms with Crippen molar-refractivity contribution in [2.24, 2.45) is 5.92 Å². The summed E-state index contributed by atoms with van der Waals surface area (Å²) in [6.45, 7) is 0.465. The Morgan fingerprint density at radius 2 is 2.27 bits per heavy atom. The number of hydrogen-bond donors (Lipinski definition) is 1. The van der Waals surface area contributed by atoms with E-state index in [1.165, 1.54) is 12.5 Å². The first-order valence-electron chi connectivity index (χ1n) is 6.45. The normalized spacial score (nSPS) is 21.8. The summed E-state index contributed by atoms with van der Waals surface area (Å²) in [5.74, 6) is -2.43. The predicted molar refractivity (Wildman–Crippen MR) is 65.3 cm³/mol. The Labute approximate surface area is 122 Å².